The number of carbonyl (C=O) groups excluding carboxylic acids is 1. The van der Waals surface area contributed by atoms with E-state index in [-0.39, 0.29) is 11.7 Å². The zero-order chi connectivity index (χ0) is 19.1. The molecule has 1 amide bonds. The fourth-order valence-electron chi connectivity index (χ4n) is 2.37. The van der Waals surface area contributed by atoms with E-state index in [1.807, 2.05) is 66.1 Å². The Bertz CT molecular complexity index is 925. The summed E-state index contributed by atoms with van der Waals surface area (Å²) in [7, 11) is 0. The predicted molar refractivity (Wildman–Crippen MR) is 112 cm³/mol. The van der Waals surface area contributed by atoms with Crippen molar-refractivity contribution in [2.24, 2.45) is 5.10 Å². The second kappa shape index (κ2) is 9.48. The predicted octanol–water partition coefficient (Wildman–Crippen LogP) is 3.97. The highest BCUT2D eigenvalue weighted by Crippen LogP contribution is 2.23. The van der Waals surface area contributed by atoms with Gasteiger partial charge in [0.15, 0.2) is 11.0 Å². The fraction of sp³-hybridized carbons (Fsp3) is 0.158. The number of hydrogen-bond acceptors (Lipinski definition) is 5. The Morgan fingerprint density at radius 1 is 1.19 bits per heavy atom. The Labute approximate surface area is 170 Å². The quantitative estimate of drug-likeness (QED) is 0.340. The summed E-state index contributed by atoms with van der Waals surface area (Å²) in [6.45, 7) is 2.76. The van der Waals surface area contributed by atoms with Crippen molar-refractivity contribution in [1.29, 1.82) is 0 Å². The molecule has 1 aromatic heterocycles. The third-order valence-corrected chi connectivity index (χ3v) is 5.17. The van der Waals surface area contributed by atoms with E-state index < -0.39 is 0 Å². The maximum absolute atomic E-state index is 12.0. The summed E-state index contributed by atoms with van der Waals surface area (Å²) < 4.78 is 2.99. The molecule has 0 fully saturated rings. The van der Waals surface area contributed by atoms with Gasteiger partial charge >= 0.3 is 0 Å². The molecule has 3 aromatic rings. The lowest BCUT2D eigenvalue weighted by molar-refractivity contribution is -0.118. The van der Waals surface area contributed by atoms with Crippen LogP contribution in [-0.2, 0) is 11.3 Å². The number of nitrogens with zero attached hydrogens (tertiary/aromatic N) is 4. The number of hydrogen-bond donors (Lipinski definition) is 1. The average Bonchev–Trinajstić information content (AvgIpc) is 3.11. The van der Waals surface area contributed by atoms with E-state index in [9.17, 15) is 4.79 Å². The zero-order valence-electron chi connectivity index (χ0n) is 14.7. The van der Waals surface area contributed by atoms with Crippen LogP contribution in [0.5, 0.6) is 0 Å². The molecule has 3 rings (SSSR count). The van der Waals surface area contributed by atoms with Gasteiger partial charge in [-0.05, 0) is 24.6 Å². The lowest BCUT2D eigenvalue weighted by atomic mass is 10.2. The second-order valence-electron chi connectivity index (χ2n) is 5.55. The lowest BCUT2D eigenvalue weighted by Crippen LogP contribution is -2.20. The maximum atomic E-state index is 12.0. The largest absolute Gasteiger partial charge is 0.302 e. The minimum atomic E-state index is -0.194. The van der Waals surface area contributed by atoms with E-state index in [1.165, 1.54) is 11.8 Å². The van der Waals surface area contributed by atoms with Crippen LogP contribution in [0.1, 0.15) is 12.5 Å². The SMILES string of the molecule is CCn1c(SCC(=O)N/N=C\c2ccc(Br)cc2)nnc1-c1ccccc1. The fourth-order valence-corrected chi connectivity index (χ4v) is 3.43. The molecule has 0 bridgehead atoms. The zero-order valence-corrected chi connectivity index (χ0v) is 17.1. The molecule has 8 heteroatoms. The van der Waals surface area contributed by atoms with Gasteiger partial charge in [0, 0.05) is 16.6 Å². The summed E-state index contributed by atoms with van der Waals surface area (Å²) in [5.74, 6) is 0.819. The molecule has 138 valence electrons. The average molecular weight is 444 g/mol. The lowest BCUT2D eigenvalue weighted by Gasteiger charge is -2.06. The van der Waals surface area contributed by atoms with Crippen LogP contribution in [-0.4, -0.2) is 32.6 Å². The third-order valence-electron chi connectivity index (χ3n) is 3.67. The number of amides is 1. The minimum absolute atomic E-state index is 0.194. The van der Waals surface area contributed by atoms with Gasteiger partial charge in [0.2, 0.25) is 0 Å². The van der Waals surface area contributed by atoms with E-state index in [1.54, 1.807) is 6.21 Å². The molecule has 27 heavy (non-hydrogen) atoms. The first kappa shape index (κ1) is 19.3. The van der Waals surface area contributed by atoms with Crippen LogP contribution in [0.3, 0.4) is 0 Å². The Morgan fingerprint density at radius 2 is 1.93 bits per heavy atom. The van der Waals surface area contributed by atoms with Gasteiger partial charge in [0.1, 0.15) is 0 Å². The summed E-state index contributed by atoms with van der Waals surface area (Å²) in [4.78, 5) is 12.0. The van der Waals surface area contributed by atoms with Crippen molar-refractivity contribution in [2.75, 3.05) is 5.75 Å². The van der Waals surface area contributed by atoms with Crippen LogP contribution in [0.4, 0.5) is 0 Å². The summed E-state index contributed by atoms with van der Waals surface area (Å²) in [6, 6.07) is 17.5. The smallest absolute Gasteiger partial charge is 0.250 e. The third kappa shape index (κ3) is 5.27. The molecular weight excluding hydrogens is 426 g/mol. The van der Waals surface area contributed by atoms with Gasteiger partial charge in [-0.3, -0.25) is 4.79 Å². The molecule has 0 saturated carbocycles. The van der Waals surface area contributed by atoms with Gasteiger partial charge in [-0.2, -0.15) is 5.10 Å². The summed E-state index contributed by atoms with van der Waals surface area (Å²) in [5.41, 5.74) is 4.44. The monoisotopic (exact) mass is 443 g/mol. The van der Waals surface area contributed by atoms with Crippen molar-refractivity contribution < 1.29 is 4.79 Å². The molecule has 1 heterocycles. The standard InChI is InChI=1S/C19H18BrN5OS/c1-2-25-18(15-6-4-3-5-7-15)23-24-19(25)27-13-17(26)22-21-12-14-8-10-16(20)11-9-14/h3-12H,2,13H2,1H3,(H,22,26)/b21-12-. The first-order valence-electron chi connectivity index (χ1n) is 8.36. The molecule has 1 N–H and O–H groups in total. The number of thioether (sulfide) groups is 1. The van der Waals surface area contributed by atoms with E-state index in [2.05, 4.69) is 36.7 Å². The Hall–Kier alpha value is -2.45. The number of benzene rings is 2. The van der Waals surface area contributed by atoms with Crippen molar-refractivity contribution in [3.8, 4) is 11.4 Å². The Balaban J connectivity index is 1.57. The number of nitrogens with one attached hydrogen (secondary N) is 1. The van der Waals surface area contributed by atoms with Crippen molar-refractivity contribution >= 4 is 39.8 Å². The van der Waals surface area contributed by atoms with Gasteiger partial charge in [-0.15, -0.1) is 10.2 Å². The summed E-state index contributed by atoms with van der Waals surface area (Å²) >= 11 is 4.72. The molecule has 0 aliphatic carbocycles. The molecule has 0 saturated heterocycles. The molecule has 0 unspecified atom stereocenters. The van der Waals surface area contributed by atoms with Crippen LogP contribution in [0.25, 0.3) is 11.4 Å². The van der Waals surface area contributed by atoms with E-state index in [4.69, 9.17) is 0 Å². The van der Waals surface area contributed by atoms with Crippen molar-refractivity contribution in [1.82, 2.24) is 20.2 Å². The Kier molecular flexibility index (Phi) is 6.78. The number of halogens is 1. The van der Waals surface area contributed by atoms with E-state index >= 15 is 0 Å². The van der Waals surface area contributed by atoms with Gasteiger partial charge in [-0.25, -0.2) is 5.43 Å². The first-order valence-corrected chi connectivity index (χ1v) is 10.1. The number of hydrazone groups is 1. The molecule has 0 aliphatic rings. The topological polar surface area (TPSA) is 72.2 Å². The maximum Gasteiger partial charge on any atom is 0.250 e. The van der Waals surface area contributed by atoms with Gasteiger partial charge in [0.25, 0.3) is 5.91 Å². The van der Waals surface area contributed by atoms with Crippen molar-refractivity contribution in [3.63, 3.8) is 0 Å². The summed E-state index contributed by atoms with van der Waals surface area (Å²) in [6.07, 6.45) is 1.61. The molecule has 0 radical (unpaired) electrons. The Morgan fingerprint density at radius 3 is 2.63 bits per heavy atom. The van der Waals surface area contributed by atoms with Gasteiger partial charge < -0.3 is 4.57 Å². The normalized spacial score (nSPS) is 11.0. The number of aromatic nitrogens is 3. The molecule has 0 atom stereocenters. The summed E-state index contributed by atoms with van der Waals surface area (Å²) in [5, 5.41) is 13.2. The molecular formula is C19H18BrN5OS. The van der Waals surface area contributed by atoms with E-state index in [0.717, 1.165) is 28.0 Å². The highest BCUT2D eigenvalue weighted by Gasteiger charge is 2.14. The van der Waals surface area contributed by atoms with Gasteiger partial charge in [0.05, 0.1) is 12.0 Å². The molecule has 2 aromatic carbocycles. The number of carbonyl (C=O) groups is 1. The highest BCUT2D eigenvalue weighted by atomic mass is 79.9. The van der Waals surface area contributed by atoms with Crippen LogP contribution >= 0.6 is 27.7 Å². The number of rotatable bonds is 7. The van der Waals surface area contributed by atoms with Crippen LogP contribution in [0.2, 0.25) is 0 Å². The van der Waals surface area contributed by atoms with Crippen LogP contribution in [0, 0.1) is 0 Å². The molecule has 0 aliphatic heterocycles. The minimum Gasteiger partial charge on any atom is -0.302 e. The van der Waals surface area contributed by atoms with E-state index in [0.29, 0.717) is 5.16 Å². The highest BCUT2D eigenvalue weighted by molar-refractivity contribution is 9.10. The van der Waals surface area contributed by atoms with Crippen molar-refractivity contribution in [3.05, 3.63) is 64.6 Å². The van der Waals surface area contributed by atoms with Gasteiger partial charge in [-0.1, -0.05) is 70.2 Å². The second-order valence-corrected chi connectivity index (χ2v) is 7.41. The molecule has 0 spiro atoms. The molecule has 6 nitrogen and oxygen atoms in total. The van der Waals surface area contributed by atoms with Crippen molar-refractivity contribution in [2.45, 2.75) is 18.6 Å². The van der Waals surface area contributed by atoms with Crippen LogP contribution in [0.15, 0.2) is 69.3 Å². The van der Waals surface area contributed by atoms with Crippen LogP contribution < -0.4 is 5.43 Å². The first-order chi connectivity index (χ1) is 13.2.